The molecule has 0 amide bonds. The zero-order valence-electron chi connectivity index (χ0n) is 17.1. The first-order chi connectivity index (χ1) is 13.1. The van der Waals surface area contributed by atoms with E-state index in [-0.39, 0.29) is 25.0 Å². The van der Waals surface area contributed by atoms with E-state index in [9.17, 15) is 13.3 Å². The maximum atomic E-state index is 14.8. The average molecular weight is 420 g/mol. The number of alkyl halides is 2. The predicted molar refractivity (Wildman–Crippen MR) is 104 cm³/mol. The fourth-order valence-corrected chi connectivity index (χ4v) is 4.66. The lowest BCUT2D eigenvalue weighted by Gasteiger charge is -2.45. The van der Waals surface area contributed by atoms with E-state index in [2.05, 4.69) is 0 Å². The Balaban J connectivity index is 2.21. The second-order valence-corrected chi connectivity index (χ2v) is 10.00. The Morgan fingerprint density at radius 2 is 1.82 bits per heavy atom. The summed E-state index contributed by atoms with van der Waals surface area (Å²) in [5.41, 5.74) is -2.59. The van der Waals surface area contributed by atoms with Crippen LogP contribution in [0.3, 0.4) is 0 Å². The van der Waals surface area contributed by atoms with Gasteiger partial charge in [0.2, 0.25) is 0 Å². The van der Waals surface area contributed by atoms with Gasteiger partial charge in [-0.15, -0.1) is 0 Å². The molecular weight excluding hydrogens is 389 g/mol. The van der Waals surface area contributed by atoms with Gasteiger partial charge in [-0.3, -0.25) is 4.57 Å². The Bertz CT molecular complexity index is 657. The molecule has 0 aliphatic carbocycles. The molecular formula is C20H31F2O5P. The molecule has 1 aliphatic rings. The van der Waals surface area contributed by atoms with Crippen molar-refractivity contribution in [3.63, 3.8) is 0 Å². The molecule has 8 heteroatoms. The Kier molecular flexibility index (Phi) is 8.17. The minimum atomic E-state index is -4.14. The molecule has 1 saturated heterocycles. The van der Waals surface area contributed by atoms with E-state index in [4.69, 9.17) is 18.7 Å². The Morgan fingerprint density at radius 3 is 2.39 bits per heavy atom. The van der Waals surface area contributed by atoms with Gasteiger partial charge in [-0.05, 0) is 18.4 Å². The van der Waals surface area contributed by atoms with E-state index in [1.54, 1.807) is 6.92 Å². The molecule has 1 heterocycles. The second-order valence-electron chi connectivity index (χ2n) is 7.39. The summed E-state index contributed by atoms with van der Waals surface area (Å²) in [7, 11) is -2.65. The zero-order chi connectivity index (χ0) is 20.9. The third-order valence-corrected chi connectivity index (χ3v) is 7.51. The molecule has 0 bridgehead atoms. The molecule has 1 aromatic rings. The first-order valence-electron chi connectivity index (χ1n) is 9.56. The van der Waals surface area contributed by atoms with Crippen LogP contribution in [0.4, 0.5) is 8.78 Å². The number of hydrogen-bond acceptors (Lipinski definition) is 5. The van der Waals surface area contributed by atoms with Crippen molar-refractivity contribution in [1.82, 2.24) is 0 Å². The molecule has 0 radical (unpaired) electrons. The van der Waals surface area contributed by atoms with Crippen LogP contribution in [0.1, 0.15) is 32.8 Å². The Morgan fingerprint density at radius 1 is 1.18 bits per heavy atom. The fourth-order valence-electron chi connectivity index (χ4n) is 3.47. The predicted octanol–water partition coefficient (Wildman–Crippen LogP) is 5.14. The lowest BCUT2D eigenvalue weighted by atomic mass is 9.83. The number of rotatable bonds is 9. The lowest BCUT2D eigenvalue weighted by molar-refractivity contribution is -0.271. The minimum absolute atomic E-state index is 0.0447. The highest BCUT2D eigenvalue weighted by molar-refractivity contribution is 7.59. The van der Waals surface area contributed by atoms with Crippen LogP contribution in [0.15, 0.2) is 30.3 Å². The molecule has 5 nitrogen and oxygen atoms in total. The van der Waals surface area contributed by atoms with Gasteiger partial charge < -0.3 is 18.7 Å². The van der Waals surface area contributed by atoms with Crippen LogP contribution in [0.5, 0.6) is 0 Å². The molecule has 1 unspecified atom stereocenters. The van der Waals surface area contributed by atoms with Crippen molar-refractivity contribution in [3.8, 4) is 0 Å². The molecule has 0 N–H and O–H groups in total. The quantitative estimate of drug-likeness (QED) is 0.518. The number of ether oxygens (including phenoxy) is 3. The summed E-state index contributed by atoms with van der Waals surface area (Å²) >= 11 is 0. The van der Waals surface area contributed by atoms with E-state index in [1.807, 2.05) is 44.2 Å². The Hall–Kier alpha value is -0.850. The molecule has 1 aliphatic heterocycles. The largest absolute Gasteiger partial charge is 0.371 e. The third kappa shape index (κ3) is 5.39. The molecule has 0 spiro atoms. The van der Waals surface area contributed by atoms with Gasteiger partial charge in [0.05, 0.1) is 25.4 Å². The number of hydrogen-bond donors (Lipinski definition) is 0. The average Bonchev–Trinajstić information content (AvgIpc) is 2.64. The smallest absolute Gasteiger partial charge is 0.324 e. The SMILES string of the molecule is CCOP(C)(=O)C(F)(F)C[C@H]1O[C@H](OC)[C@@H](C)[C@@H](C)[C@@H]1OCc1ccccc1. The van der Waals surface area contributed by atoms with Crippen LogP contribution in [0, 0.1) is 11.8 Å². The first-order valence-corrected chi connectivity index (χ1v) is 11.6. The second kappa shape index (κ2) is 9.77. The molecule has 1 fully saturated rings. The summed E-state index contributed by atoms with van der Waals surface area (Å²) in [6.45, 7) is 6.63. The summed E-state index contributed by atoms with van der Waals surface area (Å²) in [4.78, 5) is 0. The third-order valence-electron chi connectivity index (χ3n) is 5.39. The van der Waals surface area contributed by atoms with Crippen LogP contribution in [-0.2, 0) is 29.9 Å². The van der Waals surface area contributed by atoms with Gasteiger partial charge in [0.1, 0.15) is 0 Å². The van der Waals surface area contributed by atoms with Crippen molar-refractivity contribution in [3.05, 3.63) is 35.9 Å². The first kappa shape index (κ1) is 23.4. The van der Waals surface area contributed by atoms with Gasteiger partial charge in [-0.1, -0.05) is 44.2 Å². The molecule has 1 aromatic carbocycles. The van der Waals surface area contributed by atoms with Crippen molar-refractivity contribution in [1.29, 1.82) is 0 Å². The summed E-state index contributed by atoms with van der Waals surface area (Å²) in [6, 6.07) is 9.51. The van der Waals surface area contributed by atoms with E-state index >= 15 is 0 Å². The monoisotopic (exact) mass is 420 g/mol. The van der Waals surface area contributed by atoms with Gasteiger partial charge in [-0.25, -0.2) is 0 Å². The van der Waals surface area contributed by atoms with E-state index in [0.717, 1.165) is 12.2 Å². The van der Waals surface area contributed by atoms with Gasteiger partial charge in [0.15, 0.2) is 6.29 Å². The number of methoxy groups -OCH3 is 1. The standard InChI is InChI=1S/C20H31F2O5P/c1-6-26-28(5,23)20(21,22)12-17-18(14(2)15(3)19(24-4)27-17)25-13-16-10-8-7-9-11-16/h7-11,14-15,17-19H,6,12-13H2,1-5H3/t14-,15+,17-,18+,19+,28?/m1/s1. The van der Waals surface area contributed by atoms with Crippen LogP contribution in [-0.4, -0.2) is 44.5 Å². The summed E-state index contributed by atoms with van der Waals surface area (Å²) in [5, 5.41) is 0. The molecule has 6 atom stereocenters. The zero-order valence-corrected chi connectivity index (χ0v) is 18.0. The van der Waals surface area contributed by atoms with Crippen LogP contribution < -0.4 is 0 Å². The van der Waals surface area contributed by atoms with Crippen LogP contribution in [0.2, 0.25) is 0 Å². The molecule has 0 saturated carbocycles. The molecule has 2 rings (SSSR count). The fraction of sp³-hybridized carbons (Fsp3) is 0.700. The lowest BCUT2D eigenvalue weighted by Crippen LogP contribution is -2.52. The number of benzene rings is 1. The van der Waals surface area contributed by atoms with Crippen LogP contribution >= 0.6 is 7.37 Å². The summed E-state index contributed by atoms with van der Waals surface area (Å²) < 4.78 is 64.1. The molecule has 0 aromatic heterocycles. The van der Waals surface area contributed by atoms with Crippen molar-refractivity contribution in [2.24, 2.45) is 11.8 Å². The van der Waals surface area contributed by atoms with Crippen LogP contribution in [0.25, 0.3) is 0 Å². The van der Waals surface area contributed by atoms with E-state index < -0.39 is 38.0 Å². The highest BCUT2D eigenvalue weighted by Gasteiger charge is 2.53. The normalized spacial score (nSPS) is 30.8. The van der Waals surface area contributed by atoms with Crippen molar-refractivity contribution < 1.29 is 32.1 Å². The summed E-state index contributed by atoms with van der Waals surface area (Å²) in [6.07, 6.45) is -2.94. The van der Waals surface area contributed by atoms with Gasteiger partial charge in [0.25, 0.3) is 7.37 Å². The summed E-state index contributed by atoms with van der Waals surface area (Å²) in [5.74, 6) is -0.137. The van der Waals surface area contributed by atoms with Gasteiger partial charge in [-0.2, -0.15) is 8.78 Å². The number of halogens is 2. The van der Waals surface area contributed by atoms with Gasteiger partial charge in [0, 0.05) is 26.1 Å². The maximum Gasteiger partial charge on any atom is 0.324 e. The topological polar surface area (TPSA) is 54.0 Å². The van der Waals surface area contributed by atoms with Crippen molar-refractivity contribution in [2.45, 2.75) is 58.0 Å². The van der Waals surface area contributed by atoms with Crippen molar-refractivity contribution >= 4 is 7.37 Å². The molecule has 160 valence electrons. The minimum Gasteiger partial charge on any atom is -0.371 e. The van der Waals surface area contributed by atoms with Crippen molar-refractivity contribution in [2.75, 3.05) is 20.4 Å². The maximum absolute atomic E-state index is 14.8. The Labute approximate surface area is 166 Å². The highest BCUT2D eigenvalue weighted by Crippen LogP contribution is 2.60. The molecule has 28 heavy (non-hydrogen) atoms. The van der Waals surface area contributed by atoms with E-state index in [0.29, 0.717) is 0 Å². The highest BCUT2D eigenvalue weighted by atomic mass is 31.2. The van der Waals surface area contributed by atoms with E-state index in [1.165, 1.54) is 7.11 Å². The van der Waals surface area contributed by atoms with Gasteiger partial charge >= 0.3 is 5.66 Å².